The molecule has 2 atom stereocenters. The minimum absolute atomic E-state index is 0.341. The minimum Gasteiger partial charge on any atom is -0.387 e. The van der Waals surface area contributed by atoms with Crippen LogP contribution >= 0.6 is 11.8 Å². The quantitative estimate of drug-likeness (QED) is 0.882. The maximum atomic E-state index is 10.3. The number of aromatic nitrogens is 1. The highest BCUT2D eigenvalue weighted by atomic mass is 32.2. The molecule has 3 rings (SSSR count). The lowest BCUT2D eigenvalue weighted by atomic mass is 10.0. The van der Waals surface area contributed by atoms with Crippen molar-refractivity contribution in [2.45, 2.75) is 24.2 Å². The topological polar surface area (TPSA) is 33.1 Å². The molecule has 2 nitrogen and oxygen atoms in total. The van der Waals surface area contributed by atoms with Gasteiger partial charge in [-0.15, -0.1) is 0 Å². The summed E-state index contributed by atoms with van der Waals surface area (Å²) in [6, 6.07) is 10.0. The molecule has 1 aromatic carbocycles. The van der Waals surface area contributed by atoms with Crippen LogP contribution in [0, 0.1) is 0 Å². The van der Waals surface area contributed by atoms with E-state index in [0.29, 0.717) is 5.25 Å². The third kappa shape index (κ3) is 2.17. The second kappa shape index (κ2) is 4.67. The summed E-state index contributed by atoms with van der Waals surface area (Å²) in [6.07, 6.45) is 3.80. The molecule has 2 heterocycles. The van der Waals surface area contributed by atoms with Gasteiger partial charge >= 0.3 is 0 Å². The Hall–Kier alpha value is -1.06. The zero-order chi connectivity index (χ0) is 11.7. The van der Waals surface area contributed by atoms with Gasteiger partial charge in [0.2, 0.25) is 0 Å². The van der Waals surface area contributed by atoms with Gasteiger partial charge in [0.15, 0.2) is 0 Å². The van der Waals surface area contributed by atoms with Crippen LogP contribution in [0.1, 0.15) is 24.5 Å². The number of nitrogens with zero attached hydrogens (tertiary/aromatic N) is 1. The Kier molecular flexibility index (Phi) is 3.04. The number of pyridine rings is 1. The highest BCUT2D eigenvalue weighted by molar-refractivity contribution is 8.00. The van der Waals surface area contributed by atoms with Crippen molar-refractivity contribution in [2.75, 3.05) is 5.75 Å². The zero-order valence-corrected chi connectivity index (χ0v) is 10.4. The molecule has 88 valence electrons. The van der Waals surface area contributed by atoms with E-state index < -0.39 is 0 Å². The molecule has 1 saturated heterocycles. The predicted octanol–water partition coefficient (Wildman–Crippen LogP) is 3.16. The third-order valence-electron chi connectivity index (χ3n) is 3.29. The molecule has 1 N–H and O–H groups in total. The van der Waals surface area contributed by atoms with E-state index in [4.69, 9.17) is 0 Å². The molecule has 3 heteroatoms. The zero-order valence-electron chi connectivity index (χ0n) is 9.54. The van der Waals surface area contributed by atoms with Crippen molar-refractivity contribution in [3.8, 4) is 0 Å². The van der Waals surface area contributed by atoms with Gasteiger partial charge in [0, 0.05) is 16.8 Å². The smallest absolute Gasteiger partial charge is 0.0908 e. The summed E-state index contributed by atoms with van der Waals surface area (Å²) in [4.78, 5) is 4.29. The molecule has 0 bridgehead atoms. The predicted molar refractivity (Wildman–Crippen MR) is 72.2 cm³/mol. The van der Waals surface area contributed by atoms with Crippen molar-refractivity contribution >= 4 is 22.7 Å². The van der Waals surface area contributed by atoms with Crippen molar-refractivity contribution in [2.24, 2.45) is 0 Å². The van der Waals surface area contributed by atoms with Crippen LogP contribution in [-0.4, -0.2) is 21.1 Å². The Bertz CT molecular complexity index is 522. The molecule has 0 spiro atoms. The molecule has 0 aliphatic carbocycles. The van der Waals surface area contributed by atoms with Gasteiger partial charge in [0.25, 0.3) is 0 Å². The molecule has 17 heavy (non-hydrogen) atoms. The first-order chi connectivity index (χ1) is 8.34. The Labute approximate surface area is 105 Å². The van der Waals surface area contributed by atoms with Crippen molar-refractivity contribution in [1.29, 1.82) is 0 Å². The van der Waals surface area contributed by atoms with Crippen molar-refractivity contribution in [1.82, 2.24) is 4.98 Å². The molecule has 0 radical (unpaired) electrons. The molecule has 1 fully saturated rings. The van der Waals surface area contributed by atoms with Crippen LogP contribution in [0.25, 0.3) is 10.9 Å². The monoisotopic (exact) mass is 245 g/mol. The average Bonchev–Trinajstić information content (AvgIpc) is 2.91. The number of fused-ring (bicyclic) bond motifs is 1. The van der Waals surface area contributed by atoms with E-state index in [-0.39, 0.29) is 6.10 Å². The summed E-state index contributed by atoms with van der Waals surface area (Å²) in [7, 11) is 0. The van der Waals surface area contributed by atoms with Gasteiger partial charge in [-0.2, -0.15) is 11.8 Å². The molecular formula is C14H15NOS. The number of aliphatic hydroxyl groups is 1. The molecule has 0 saturated carbocycles. The van der Waals surface area contributed by atoms with Gasteiger partial charge in [-0.25, -0.2) is 0 Å². The summed E-state index contributed by atoms with van der Waals surface area (Å²) in [5, 5.41) is 11.8. The summed E-state index contributed by atoms with van der Waals surface area (Å²) < 4.78 is 0. The van der Waals surface area contributed by atoms with E-state index in [1.54, 1.807) is 6.20 Å². The van der Waals surface area contributed by atoms with E-state index in [9.17, 15) is 5.11 Å². The fourth-order valence-corrected chi connectivity index (χ4v) is 3.65. The molecule has 1 aromatic heterocycles. The average molecular weight is 245 g/mol. The fraction of sp³-hybridized carbons (Fsp3) is 0.357. The SMILES string of the molecule is OC(c1ccc2ncccc2c1)C1CCCS1. The summed E-state index contributed by atoms with van der Waals surface area (Å²) >= 11 is 1.89. The Morgan fingerprint density at radius 3 is 3.12 bits per heavy atom. The van der Waals surface area contributed by atoms with Crippen LogP contribution < -0.4 is 0 Å². The third-order valence-corrected chi connectivity index (χ3v) is 4.73. The van der Waals surface area contributed by atoms with Crippen molar-refractivity contribution in [3.05, 3.63) is 42.1 Å². The number of thioether (sulfide) groups is 1. The number of hydrogen-bond donors (Lipinski definition) is 1. The lowest BCUT2D eigenvalue weighted by Crippen LogP contribution is -2.11. The molecule has 1 aliphatic heterocycles. The Morgan fingerprint density at radius 2 is 2.29 bits per heavy atom. The number of rotatable bonds is 2. The Morgan fingerprint density at radius 1 is 1.35 bits per heavy atom. The van der Waals surface area contributed by atoms with Gasteiger partial charge in [-0.1, -0.05) is 12.1 Å². The molecule has 0 amide bonds. The van der Waals surface area contributed by atoms with Crippen LogP contribution in [0.2, 0.25) is 0 Å². The Balaban J connectivity index is 1.94. The van der Waals surface area contributed by atoms with E-state index in [0.717, 1.165) is 22.9 Å². The van der Waals surface area contributed by atoms with E-state index in [2.05, 4.69) is 11.1 Å². The largest absolute Gasteiger partial charge is 0.387 e. The van der Waals surface area contributed by atoms with Crippen molar-refractivity contribution < 1.29 is 5.11 Å². The number of aliphatic hydroxyl groups excluding tert-OH is 1. The van der Waals surface area contributed by atoms with Crippen LogP contribution in [0.15, 0.2) is 36.5 Å². The summed E-state index contributed by atoms with van der Waals surface area (Å²) in [5.74, 6) is 1.18. The maximum Gasteiger partial charge on any atom is 0.0908 e. The standard InChI is InChI=1S/C14H15NOS/c16-14(13-4-2-8-17-13)11-5-6-12-10(9-11)3-1-7-15-12/h1,3,5-7,9,13-14,16H,2,4,8H2. The van der Waals surface area contributed by atoms with E-state index in [1.165, 1.54) is 12.2 Å². The van der Waals surface area contributed by atoms with Crippen LogP contribution in [0.4, 0.5) is 0 Å². The second-order valence-corrected chi connectivity index (χ2v) is 5.80. The van der Waals surface area contributed by atoms with E-state index >= 15 is 0 Å². The van der Waals surface area contributed by atoms with Crippen LogP contribution in [0.3, 0.4) is 0 Å². The normalized spacial score (nSPS) is 21.8. The first-order valence-electron chi connectivity index (χ1n) is 5.99. The highest BCUT2D eigenvalue weighted by Crippen LogP contribution is 2.36. The maximum absolute atomic E-state index is 10.3. The van der Waals surface area contributed by atoms with Crippen LogP contribution in [0.5, 0.6) is 0 Å². The number of benzene rings is 1. The molecular weight excluding hydrogens is 230 g/mol. The molecule has 2 aromatic rings. The lowest BCUT2D eigenvalue weighted by Gasteiger charge is -2.17. The minimum atomic E-state index is -0.341. The van der Waals surface area contributed by atoms with Crippen molar-refractivity contribution in [3.63, 3.8) is 0 Å². The van der Waals surface area contributed by atoms with Gasteiger partial charge < -0.3 is 5.11 Å². The van der Waals surface area contributed by atoms with Gasteiger partial charge in [-0.3, -0.25) is 4.98 Å². The van der Waals surface area contributed by atoms with Gasteiger partial charge in [0.1, 0.15) is 0 Å². The highest BCUT2D eigenvalue weighted by Gasteiger charge is 2.25. The molecule has 2 unspecified atom stereocenters. The lowest BCUT2D eigenvalue weighted by molar-refractivity contribution is 0.173. The summed E-state index contributed by atoms with van der Waals surface area (Å²) in [5.41, 5.74) is 2.01. The van der Waals surface area contributed by atoms with E-state index in [1.807, 2.05) is 36.0 Å². The van der Waals surface area contributed by atoms with Gasteiger partial charge in [-0.05, 0) is 42.4 Å². The second-order valence-electron chi connectivity index (χ2n) is 4.45. The summed E-state index contributed by atoms with van der Waals surface area (Å²) in [6.45, 7) is 0. The first-order valence-corrected chi connectivity index (χ1v) is 7.04. The number of hydrogen-bond acceptors (Lipinski definition) is 3. The van der Waals surface area contributed by atoms with Gasteiger partial charge in [0.05, 0.1) is 11.6 Å². The molecule has 1 aliphatic rings. The first kappa shape index (κ1) is 11.1. The fourth-order valence-electron chi connectivity index (χ4n) is 2.34. The van der Waals surface area contributed by atoms with Crippen LogP contribution in [-0.2, 0) is 0 Å².